The van der Waals surface area contributed by atoms with Crippen molar-refractivity contribution >= 4 is 5.91 Å². The van der Waals surface area contributed by atoms with Crippen molar-refractivity contribution in [1.29, 1.82) is 0 Å². The molecule has 0 radical (unpaired) electrons. The van der Waals surface area contributed by atoms with Crippen molar-refractivity contribution in [3.8, 4) is 11.5 Å². The minimum atomic E-state index is -0.252. The molecule has 0 saturated carbocycles. The summed E-state index contributed by atoms with van der Waals surface area (Å²) in [5.41, 5.74) is 3.75. The summed E-state index contributed by atoms with van der Waals surface area (Å²) in [5, 5.41) is 3.17. The van der Waals surface area contributed by atoms with Crippen molar-refractivity contribution in [3.05, 3.63) is 94.8 Å². The van der Waals surface area contributed by atoms with E-state index in [0.717, 1.165) is 29.7 Å². The van der Waals surface area contributed by atoms with Gasteiger partial charge in [0.25, 0.3) is 5.91 Å². The Morgan fingerprint density at radius 2 is 1.79 bits per heavy atom. The smallest absolute Gasteiger partial charge is 0.251 e. The zero-order valence-corrected chi connectivity index (χ0v) is 19.2. The Balaban J connectivity index is 1.69. The summed E-state index contributed by atoms with van der Waals surface area (Å²) in [6, 6.07) is 19.6. The molecular formula is C27H29FN2O3. The molecule has 0 saturated heterocycles. The summed E-state index contributed by atoms with van der Waals surface area (Å²) >= 11 is 0. The van der Waals surface area contributed by atoms with E-state index in [4.69, 9.17) is 9.47 Å². The number of carbonyl (C=O) groups is 1. The Bertz CT molecular complexity index is 1120. The van der Waals surface area contributed by atoms with Crippen LogP contribution in [0.25, 0.3) is 0 Å². The third-order valence-corrected chi connectivity index (χ3v) is 6.17. The van der Waals surface area contributed by atoms with E-state index in [-0.39, 0.29) is 23.8 Å². The maximum atomic E-state index is 13.9. The van der Waals surface area contributed by atoms with Crippen molar-refractivity contribution in [2.24, 2.45) is 0 Å². The first-order valence-electron chi connectivity index (χ1n) is 11.1. The van der Waals surface area contributed by atoms with Gasteiger partial charge in [-0.1, -0.05) is 30.3 Å². The summed E-state index contributed by atoms with van der Waals surface area (Å²) in [6.45, 7) is 3.35. The average Bonchev–Trinajstić information content (AvgIpc) is 2.83. The fraction of sp³-hybridized carbons (Fsp3) is 0.296. The van der Waals surface area contributed by atoms with Crippen LogP contribution in [0.15, 0.2) is 66.7 Å². The Hall–Kier alpha value is -3.38. The molecule has 1 N–H and O–H groups in total. The van der Waals surface area contributed by atoms with Crippen molar-refractivity contribution < 1.29 is 18.7 Å². The normalized spacial score (nSPS) is 16.5. The summed E-state index contributed by atoms with van der Waals surface area (Å²) in [5.74, 6) is 0.963. The van der Waals surface area contributed by atoms with Gasteiger partial charge in [0, 0.05) is 24.7 Å². The number of nitrogens with one attached hydrogen (secondary N) is 1. The van der Waals surface area contributed by atoms with Gasteiger partial charge in [0.15, 0.2) is 11.5 Å². The van der Waals surface area contributed by atoms with Crippen LogP contribution in [-0.2, 0) is 13.0 Å². The van der Waals surface area contributed by atoms with Crippen LogP contribution in [0.4, 0.5) is 4.39 Å². The molecule has 2 atom stereocenters. The quantitative estimate of drug-likeness (QED) is 0.566. The van der Waals surface area contributed by atoms with Gasteiger partial charge in [-0.3, -0.25) is 9.69 Å². The van der Waals surface area contributed by atoms with Gasteiger partial charge < -0.3 is 14.8 Å². The van der Waals surface area contributed by atoms with E-state index in [1.807, 2.05) is 43.3 Å². The predicted octanol–water partition coefficient (Wildman–Crippen LogP) is 4.76. The Kier molecular flexibility index (Phi) is 6.94. The number of amides is 1. The van der Waals surface area contributed by atoms with Crippen molar-refractivity contribution in [3.63, 3.8) is 0 Å². The van der Waals surface area contributed by atoms with Crippen LogP contribution >= 0.6 is 0 Å². The minimum absolute atomic E-state index is 0.121. The van der Waals surface area contributed by atoms with E-state index in [1.54, 1.807) is 38.5 Å². The van der Waals surface area contributed by atoms with E-state index in [0.29, 0.717) is 23.6 Å². The lowest BCUT2D eigenvalue weighted by Crippen LogP contribution is -2.47. The van der Waals surface area contributed by atoms with Gasteiger partial charge >= 0.3 is 0 Å². The molecule has 1 heterocycles. The molecule has 4 rings (SSSR count). The number of hydrogen-bond donors (Lipinski definition) is 1. The Labute approximate surface area is 194 Å². The third kappa shape index (κ3) is 5.01. The molecule has 6 heteroatoms. The van der Waals surface area contributed by atoms with Gasteiger partial charge in [-0.05, 0) is 66.4 Å². The number of carbonyl (C=O) groups excluding carboxylic acids is 1. The molecular weight excluding hydrogens is 419 g/mol. The highest BCUT2D eigenvalue weighted by molar-refractivity contribution is 5.94. The zero-order valence-electron chi connectivity index (χ0n) is 19.2. The molecule has 0 unspecified atom stereocenters. The van der Waals surface area contributed by atoms with Crippen LogP contribution in [0.5, 0.6) is 11.5 Å². The Morgan fingerprint density at radius 1 is 1.06 bits per heavy atom. The number of nitrogens with zero attached hydrogens (tertiary/aromatic N) is 1. The molecule has 1 aliphatic heterocycles. The number of fused-ring (bicyclic) bond motifs is 1. The Morgan fingerprint density at radius 3 is 2.48 bits per heavy atom. The average molecular weight is 449 g/mol. The highest BCUT2D eigenvalue weighted by atomic mass is 19.1. The zero-order chi connectivity index (χ0) is 23.4. The number of rotatable bonds is 7. The van der Waals surface area contributed by atoms with Crippen molar-refractivity contribution in [1.82, 2.24) is 10.2 Å². The number of methoxy groups -OCH3 is 2. The molecule has 0 fully saturated rings. The van der Waals surface area contributed by atoms with Crippen LogP contribution in [0.2, 0.25) is 0 Å². The first kappa shape index (κ1) is 22.8. The summed E-state index contributed by atoms with van der Waals surface area (Å²) in [6.07, 6.45) is 0.820. The van der Waals surface area contributed by atoms with Gasteiger partial charge in [0.05, 0.1) is 20.3 Å². The van der Waals surface area contributed by atoms with Gasteiger partial charge in [0.1, 0.15) is 5.82 Å². The fourth-order valence-electron chi connectivity index (χ4n) is 4.62. The second-order valence-electron chi connectivity index (χ2n) is 8.33. The van der Waals surface area contributed by atoms with Crippen LogP contribution < -0.4 is 14.8 Å². The minimum Gasteiger partial charge on any atom is -0.493 e. The predicted molar refractivity (Wildman–Crippen MR) is 126 cm³/mol. The van der Waals surface area contributed by atoms with Gasteiger partial charge in [-0.25, -0.2) is 4.39 Å². The topological polar surface area (TPSA) is 50.8 Å². The van der Waals surface area contributed by atoms with E-state index in [1.165, 1.54) is 6.07 Å². The van der Waals surface area contributed by atoms with E-state index in [2.05, 4.69) is 10.2 Å². The lowest BCUT2D eigenvalue weighted by atomic mass is 9.87. The maximum Gasteiger partial charge on any atom is 0.251 e. The van der Waals surface area contributed by atoms with Crippen molar-refractivity contribution in [2.45, 2.75) is 32.0 Å². The highest BCUT2D eigenvalue weighted by Crippen LogP contribution is 2.40. The van der Waals surface area contributed by atoms with Crippen LogP contribution in [0, 0.1) is 5.82 Å². The first-order valence-corrected chi connectivity index (χ1v) is 11.1. The van der Waals surface area contributed by atoms with Gasteiger partial charge in [-0.15, -0.1) is 0 Å². The van der Waals surface area contributed by atoms with E-state index < -0.39 is 0 Å². The lowest BCUT2D eigenvalue weighted by molar-refractivity contribution is 0.0877. The monoisotopic (exact) mass is 448 g/mol. The van der Waals surface area contributed by atoms with Crippen LogP contribution in [0.1, 0.15) is 40.0 Å². The number of halogens is 1. The number of benzene rings is 3. The molecule has 1 amide bonds. The summed E-state index contributed by atoms with van der Waals surface area (Å²) in [4.78, 5) is 15.2. The standard InChI is InChI=1S/C27H29FN2O3/c1-18(29-27(31)20-9-5-4-6-10-20)26-23-16-25(33-3)24(32-2)15-21(23)12-13-30(26)17-19-8-7-11-22(28)14-19/h4-11,14-16,18,26H,12-13,17H2,1-3H3,(H,29,31)/t18-,26-/m1/s1. The van der Waals surface area contributed by atoms with Gasteiger partial charge in [-0.2, -0.15) is 0 Å². The third-order valence-electron chi connectivity index (χ3n) is 6.17. The molecule has 0 bridgehead atoms. The largest absolute Gasteiger partial charge is 0.493 e. The SMILES string of the molecule is COc1cc2c(cc1OC)[C@@H]([C@@H](C)NC(=O)c1ccccc1)N(Cc1cccc(F)c1)CC2. The van der Waals surface area contributed by atoms with Gasteiger partial charge in [0.2, 0.25) is 0 Å². The number of ether oxygens (including phenoxy) is 2. The van der Waals surface area contributed by atoms with E-state index in [9.17, 15) is 9.18 Å². The molecule has 0 aliphatic carbocycles. The van der Waals surface area contributed by atoms with Crippen molar-refractivity contribution in [2.75, 3.05) is 20.8 Å². The van der Waals surface area contributed by atoms with E-state index >= 15 is 0 Å². The molecule has 0 aromatic heterocycles. The fourth-order valence-corrected chi connectivity index (χ4v) is 4.62. The van der Waals surface area contributed by atoms with Crippen LogP contribution in [-0.4, -0.2) is 37.6 Å². The molecule has 5 nitrogen and oxygen atoms in total. The summed E-state index contributed by atoms with van der Waals surface area (Å²) < 4.78 is 24.9. The highest BCUT2D eigenvalue weighted by Gasteiger charge is 2.34. The maximum absolute atomic E-state index is 13.9. The molecule has 172 valence electrons. The molecule has 3 aromatic rings. The van der Waals surface area contributed by atoms with Crippen LogP contribution in [0.3, 0.4) is 0 Å². The molecule has 33 heavy (non-hydrogen) atoms. The molecule has 0 spiro atoms. The lowest BCUT2D eigenvalue weighted by Gasteiger charge is -2.41. The second kappa shape index (κ2) is 10.0. The summed E-state index contributed by atoms with van der Waals surface area (Å²) in [7, 11) is 3.25. The first-order chi connectivity index (χ1) is 16.0. The molecule has 1 aliphatic rings. The molecule has 3 aromatic carbocycles. The number of hydrogen-bond acceptors (Lipinski definition) is 4. The second-order valence-corrected chi connectivity index (χ2v) is 8.33.